The van der Waals surface area contributed by atoms with Crippen LogP contribution >= 0.6 is 0 Å². The van der Waals surface area contributed by atoms with Gasteiger partial charge in [0.25, 0.3) is 5.89 Å². The molecule has 0 aliphatic rings. The van der Waals surface area contributed by atoms with Crippen LogP contribution in [0, 0.1) is 0 Å². The largest absolute Gasteiger partial charge is 0.497 e. The lowest BCUT2D eigenvalue weighted by Gasteiger charge is -2.02. The van der Waals surface area contributed by atoms with Crippen LogP contribution in [0.1, 0.15) is 22.0 Å². The lowest BCUT2D eigenvalue weighted by atomic mass is 10.1. The van der Waals surface area contributed by atoms with E-state index in [-0.39, 0.29) is 24.9 Å². The first kappa shape index (κ1) is 18.7. The molecule has 0 aliphatic carbocycles. The lowest BCUT2D eigenvalue weighted by Crippen LogP contribution is -2.07. The van der Waals surface area contributed by atoms with Crippen molar-refractivity contribution in [3.8, 4) is 17.2 Å². The van der Waals surface area contributed by atoms with Crippen LogP contribution in [0.4, 0.5) is 0 Å². The van der Waals surface area contributed by atoms with E-state index < -0.39 is 5.97 Å². The summed E-state index contributed by atoms with van der Waals surface area (Å²) in [5, 5.41) is 8.71. The molecule has 4 rings (SSSR count). The topological polar surface area (TPSA) is 96.8 Å². The average Bonchev–Trinajstić information content (AvgIpc) is 3.38. The molecule has 0 saturated carbocycles. The molecule has 0 unspecified atom stereocenters. The molecule has 2 aromatic heterocycles. The normalized spacial score (nSPS) is 11.0. The van der Waals surface area contributed by atoms with Gasteiger partial charge in [-0.25, -0.2) is 4.79 Å². The quantitative estimate of drug-likeness (QED) is 0.434. The number of rotatable bonds is 7. The molecule has 0 saturated heterocycles. The molecule has 148 valence electrons. The number of methoxy groups -OCH3 is 2. The number of aromatic nitrogens is 2. The van der Waals surface area contributed by atoms with Crippen LogP contribution in [0.5, 0.6) is 5.75 Å². The Balaban J connectivity index is 1.48. The maximum atomic E-state index is 12.6. The fourth-order valence-corrected chi connectivity index (χ4v) is 2.91. The number of nitrogens with zero attached hydrogens (tertiary/aromatic N) is 2. The predicted molar refractivity (Wildman–Crippen MR) is 102 cm³/mol. The first-order valence-electron chi connectivity index (χ1n) is 8.83. The van der Waals surface area contributed by atoms with Crippen molar-refractivity contribution in [1.29, 1.82) is 0 Å². The van der Waals surface area contributed by atoms with Crippen molar-refractivity contribution in [3.63, 3.8) is 0 Å². The number of fused-ring (bicyclic) bond motifs is 1. The molecule has 0 fully saturated rings. The molecule has 0 bridgehead atoms. The Morgan fingerprint density at radius 1 is 0.966 bits per heavy atom. The molecular formula is C21H18N2O6. The van der Waals surface area contributed by atoms with E-state index in [9.17, 15) is 4.79 Å². The van der Waals surface area contributed by atoms with E-state index in [1.165, 1.54) is 0 Å². The Bertz CT molecular complexity index is 1130. The zero-order chi connectivity index (χ0) is 20.2. The van der Waals surface area contributed by atoms with Gasteiger partial charge in [0.15, 0.2) is 6.61 Å². The summed E-state index contributed by atoms with van der Waals surface area (Å²) in [7, 11) is 3.14. The number of carbonyl (C=O) groups is 1. The first-order valence-corrected chi connectivity index (χ1v) is 8.83. The Labute approximate surface area is 166 Å². The monoisotopic (exact) mass is 394 g/mol. The highest BCUT2D eigenvalue weighted by Crippen LogP contribution is 2.27. The van der Waals surface area contributed by atoms with Gasteiger partial charge in [-0.05, 0) is 30.3 Å². The van der Waals surface area contributed by atoms with E-state index in [1.807, 2.05) is 18.2 Å². The SMILES string of the molecule is COCc1c(C(=O)OCc2nnc(-c3ccc(OC)cc3)o2)oc2ccccc12. The highest BCUT2D eigenvalue weighted by atomic mass is 16.6. The van der Waals surface area contributed by atoms with Gasteiger partial charge in [-0.3, -0.25) is 0 Å². The van der Waals surface area contributed by atoms with Gasteiger partial charge in [-0.2, -0.15) is 0 Å². The maximum absolute atomic E-state index is 12.6. The highest BCUT2D eigenvalue weighted by Gasteiger charge is 2.22. The second kappa shape index (κ2) is 8.15. The Kier molecular flexibility index (Phi) is 5.26. The van der Waals surface area contributed by atoms with Crippen molar-refractivity contribution < 1.29 is 27.8 Å². The van der Waals surface area contributed by atoms with E-state index in [4.69, 9.17) is 23.0 Å². The Morgan fingerprint density at radius 2 is 1.76 bits per heavy atom. The number of furan rings is 1. The fourth-order valence-electron chi connectivity index (χ4n) is 2.91. The van der Waals surface area contributed by atoms with Crippen molar-refractivity contribution >= 4 is 16.9 Å². The summed E-state index contributed by atoms with van der Waals surface area (Å²) in [5.74, 6) is 0.691. The summed E-state index contributed by atoms with van der Waals surface area (Å²) in [6, 6.07) is 14.5. The molecule has 0 N–H and O–H groups in total. The van der Waals surface area contributed by atoms with Crippen molar-refractivity contribution in [2.24, 2.45) is 0 Å². The number of benzene rings is 2. The molecule has 0 aliphatic heterocycles. The first-order chi connectivity index (χ1) is 14.2. The minimum Gasteiger partial charge on any atom is -0.497 e. The van der Waals surface area contributed by atoms with Crippen molar-refractivity contribution in [3.05, 3.63) is 65.7 Å². The number of hydrogen-bond donors (Lipinski definition) is 0. The second-order valence-electron chi connectivity index (χ2n) is 6.14. The van der Waals surface area contributed by atoms with Crippen LogP contribution in [0.25, 0.3) is 22.4 Å². The summed E-state index contributed by atoms with van der Waals surface area (Å²) in [4.78, 5) is 12.6. The molecule has 8 heteroatoms. The van der Waals surface area contributed by atoms with Gasteiger partial charge >= 0.3 is 5.97 Å². The van der Waals surface area contributed by atoms with Gasteiger partial charge in [0.1, 0.15) is 11.3 Å². The molecule has 0 amide bonds. The number of carbonyl (C=O) groups excluding carboxylic acids is 1. The van der Waals surface area contributed by atoms with E-state index in [0.29, 0.717) is 17.0 Å². The van der Waals surface area contributed by atoms with E-state index >= 15 is 0 Å². The Hall–Kier alpha value is -3.65. The highest BCUT2D eigenvalue weighted by molar-refractivity contribution is 5.96. The fraction of sp³-hybridized carbons (Fsp3) is 0.190. The maximum Gasteiger partial charge on any atom is 0.375 e. The van der Waals surface area contributed by atoms with Crippen LogP contribution < -0.4 is 4.74 Å². The number of para-hydroxylation sites is 1. The average molecular weight is 394 g/mol. The zero-order valence-corrected chi connectivity index (χ0v) is 15.9. The van der Waals surface area contributed by atoms with Gasteiger partial charge in [-0.1, -0.05) is 18.2 Å². The third-order valence-corrected chi connectivity index (χ3v) is 4.30. The minimum atomic E-state index is -0.627. The number of hydrogen-bond acceptors (Lipinski definition) is 8. The Morgan fingerprint density at radius 3 is 2.52 bits per heavy atom. The van der Waals surface area contributed by atoms with Gasteiger partial charge in [0, 0.05) is 23.6 Å². The van der Waals surface area contributed by atoms with Crippen LogP contribution in [0.15, 0.2) is 57.4 Å². The van der Waals surface area contributed by atoms with E-state index in [2.05, 4.69) is 10.2 Å². The van der Waals surface area contributed by atoms with E-state index in [1.54, 1.807) is 44.6 Å². The van der Waals surface area contributed by atoms with Gasteiger partial charge in [0.05, 0.1) is 13.7 Å². The van der Waals surface area contributed by atoms with Crippen LogP contribution in [-0.4, -0.2) is 30.4 Å². The second-order valence-corrected chi connectivity index (χ2v) is 6.14. The van der Waals surface area contributed by atoms with Gasteiger partial charge < -0.3 is 23.0 Å². The third-order valence-electron chi connectivity index (χ3n) is 4.30. The summed E-state index contributed by atoms with van der Waals surface area (Å²) in [6.07, 6.45) is 0. The summed E-state index contributed by atoms with van der Waals surface area (Å²) < 4.78 is 26.9. The van der Waals surface area contributed by atoms with E-state index in [0.717, 1.165) is 16.7 Å². The standard InChI is InChI=1S/C21H18N2O6/c1-25-11-16-15-5-3-4-6-17(15)28-19(16)21(24)27-12-18-22-23-20(29-18)13-7-9-14(26-2)10-8-13/h3-10H,11-12H2,1-2H3. The molecule has 2 aromatic carbocycles. The third kappa shape index (κ3) is 3.83. The number of esters is 1. The van der Waals surface area contributed by atoms with Crippen molar-refractivity contribution in [2.75, 3.05) is 14.2 Å². The molecule has 4 aromatic rings. The molecule has 0 radical (unpaired) electrons. The number of ether oxygens (including phenoxy) is 3. The van der Waals surface area contributed by atoms with Crippen molar-refractivity contribution in [2.45, 2.75) is 13.2 Å². The summed E-state index contributed by atoms with van der Waals surface area (Å²) >= 11 is 0. The molecule has 8 nitrogen and oxygen atoms in total. The minimum absolute atomic E-state index is 0.0999. The van der Waals surface area contributed by atoms with Crippen LogP contribution in [0.2, 0.25) is 0 Å². The lowest BCUT2D eigenvalue weighted by molar-refractivity contribution is 0.0399. The van der Waals surface area contributed by atoms with Gasteiger partial charge in [-0.15, -0.1) is 10.2 Å². The molecule has 29 heavy (non-hydrogen) atoms. The summed E-state index contributed by atoms with van der Waals surface area (Å²) in [6.45, 7) is 0.0507. The molecule has 2 heterocycles. The molecule has 0 spiro atoms. The van der Waals surface area contributed by atoms with Crippen LogP contribution in [0.3, 0.4) is 0 Å². The summed E-state index contributed by atoms with van der Waals surface area (Å²) in [5.41, 5.74) is 1.96. The molecular weight excluding hydrogens is 376 g/mol. The van der Waals surface area contributed by atoms with Crippen molar-refractivity contribution in [1.82, 2.24) is 10.2 Å². The smallest absolute Gasteiger partial charge is 0.375 e. The predicted octanol–water partition coefficient (Wildman–Crippen LogP) is 3.99. The zero-order valence-electron chi connectivity index (χ0n) is 15.9. The van der Waals surface area contributed by atoms with Gasteiger partial charge in [0.2, 0.25) is 11.7 Å². The van der Waals surface area contributed by atoms with Crippen LogP contribution in [-0.2, 0) is 22.7 Å². The molecule has 0 atom stereocenters.